The lowest BCUT2D eigenvalue weighted by Gasteiger charge is -2.28. The van der Waals surface area contributed by atoms with Crippen molar-refractivity contribution in [3.63, 3.8) is 0 Å². The summed E-state index contributed by atoms with van der Waals surface area (Å²) in [6.07, 6.45) is 0.915. The SMILES string of the molecule is COc1cccc(-c2nc(N3CCOCC3)nc3c2CCN3c2ccc(C)cc2C)c1. The molecule has 5 rings (SSSR count). The Bertz CT molecular complexity index is 1110. The summed E-state index contributed by atoms with van der Waals surface area (Å²) >= 11 is 0. The van der Waals surface area contributed by atoms with Crippen molar-refractivity contribution in [2.24, 2.45) is 0 Å². The predicted molar refractivity (Wildman–Crippen MR) is 124 cm³/mol. The van der Waals surface area contributed by atoms with Gasteiger partial charge < -0.3 is 19.3 Å². The van der Waals surface area contributed by atoms with Gasteiger partial charge in [-0.05, 0) is 44.0 Å². The van der Waals surface area contributed by atoms with Crippen molar-refractivity contribution in [3.05, 3.63) is 59.2 Å². The van der Waals surface area contributed by atoms with E-state index >= 15 is 0 Å². The van der Waals surface area contributed by atoms with Crippen LogP contribution in [-0.2, 0) is 11.2 Å². The fraction of sp³-hybridized carbons (Fsp3) is 0.360. The van der Waals surface area contributed by atoms with E-state index in [9.17, 15) is 0 Å². The van der Waals surface area contributed by atoms with Crippen LogP contribution in [0.5, 0.6) is 5.75 Å². The molecule has 160 valence electrons. The molecule has 0 saturated carbocycles. The third-order valence-electron chi connectivity index (χ3n) is 6.09. The molecule has 0 amide bonds. The molecule has 1 saturated heterocycles. The number of benzene rings is 2. The van der Waals surface area contributed by atoms with Gasteiger partial charge in [-0.3, -0.25) is 0 Å². The molecule has 0 radical (unpaired) electrons. The van der Waals surface area contributed by atoms with Crippen LogP contribution in [0.25, 0.3) is 11.3 Å². The molecule has 2 aromatic carbocycles. The van der Waals surface area contributed by atoms with E-state index < -0.39 is 0 Å². The number of nitrogens with zero attached hydrogens (tertiary/aromatic N) is 4. The number of fused-ring (bicyclic) bond motifs is 1. The summed E-state index contributed by atoms with van der Waals surface area (Å²) in [6.45, 7) is 8.23. The Morgan fingerprint density at radius 3 is 2.58 bits per heavy atom. The van der Waals surface area contributed by atoms with Gasteiger partial charge >= 0.3 is 0 Å². The van der Waals surface area contributed by atoms with Gasteiger partial charge in [0.1, 0.15) is 11.6 Å². The molecule has 3 heterocycles. The lowest BCUT2D eigenvalue weighted by atomic mass is 10.1. The first-order valence-corrected chi connectivity index (χ1v) is 10.9. The number of rotatable bonds is 4. The highest BCUT2D eigenvalue weighted by molar-refractivity contribution is 5.78. The second kappa shape index (κ2) is 8.19. The quantitative estimate of drug-likeness (QED) is 0.632. The minimum atomic E-state index is 0.704. The number of methoxy groups -OCH3 is 1. The molecule has 2 aliphatic rings. The van der Waals surface area contributed by atoms with Gasteiger partial charge in [0, 0.05) is 36.4 Å². The molecular formula is C25H28N4O2. The molecule has 2 aliphatic heterocycles. The van der Waals surface area contributed by atoms with Crippen LogP contribution in [0.3, 0.4) is 0 Å². The van der Waals surface area contributed by atoms with Crippen LogP contribution in [0.15, 0.2) is 42.5 Å². The van der Waals surface area contributed by atoms with Gasteiger partial charge in [-0.25, -0.2) is 4.98 Å². The standard InChI is InChI=1S/C25H28N4O2/c1-17-7-8-22(18(2)15-17)29-10-9-21-23(19-5-4-6-20(16-19)30-3)26-25(27-24(21)29)28-11-13-31-14-12-28/h4-8,15-16H,9-14H2,1-3H3. The van der Waals surface area contributed by atoms with Crippen LogP contribution in [0.2, 0.25) is 0 Å². The van der Waals surface area contributed by atoms with Gasteiger partial charge in [0.05, 0.1) is 26.0 Å². The molecule has 6 nitrogen and oxygen atoms in total. The summed E-state index contributed by atoms with van der Waals surface area (Å²) in [7, 11) is 1.70. The number of anilines is 3. The molecule has 1 fully saturated rings. The topological polar surface area (TPSA) is 50.7 Å². The van der Waals surface area contributed by atoms with Gasteiger partial charge in [-0.1, -0.05) is 29.8 Å². The Kier molecular flexibility index (Phi) is 5.24. The number of hydrogen-bond donors (Lipinski definition) is 0. The zero-order chi connectivity index (χ0) is 21.4. The van der Waals surface area contributed by atoms with Crippen molar-refractivity contribution in [1.29, 1.82) is 0 Å². The fourth-order valence-corrected chi connectivity index (χ4v) is 4.50. The second-order valence-electron chi connectivity index (χ2n) is 8.20. The van der Waals surface area contributed by atoms with Crippen LogP contribution in [-0.4, -0.2) is 49.9 Å². The molecule has 0 N–H and O–H groups in total. The average molecular weight is 417 g/mol. The summed E-state index contributed by atoms with van der Waals surface area (Å²) in [5.41, 5.74) is 7.02. The summed E-state index contributed by atoms with van der Waals surface area (Å²) in [5, 5.41) is 0. The summed E-state index contributed by atoms with van der Waals surface area (Å²) in [4.78, 5) is 14.7. The Morgan fingerprint density at radius 1 is 0.968 bits per heavy atom. The maximum absolute atomic E-state index is 5.55. The van der Waals surface area contributed by atoms with Crippen molar-refractivity contribution in [2.45, 2.75) is 20.3 Å². The summed E-state index contributed by atoms with van der Waals surface area (Å²) < 4.78 is 11.0. The maximum atomic E-state index is 5.55. The summed E-state index contributed by atoms with van der Waals surface area (Å²) in [5.74, 6) is 2.62. The molecule has 0 spiro atoms. The van der Waals surface area contributed by atoms with E-state index in [4.69, 9.17) is 19.4 Å². The molecular weight excluding hydrogens is 388 g/mol. The van der Waals surface area contributed by atoms with Crippen molar-refractivity contribution in [3.8, 4) is 17.0 Å². The molecule has 0 atom stereocenters. The van der Waals surface area contributed by atoms with Crippen molar-refractivity contribution in [2.75, 3.05) is 49.8 Å². The Hall–Kier alpha value is -3.12. The molecule has 3 aromatic rings. The van der Waals surface area contributed by atoms with Crippen LogP contribution in [0.4, 0.5) is 17.5 Å². The first-order chi connectivity index (χ1) is 15.1. The number of aryl methyl sites for hydroxylation is 2. The Morgan fingerprint density at radius 2 is 1.81 bits per heavy atom. The Balaban J connectivity index is 1.66. The number of morpholine rings is 1. The second-order valence-corrected chi connectivity index (χ2v) is 8.20. The number of hydrogen-bond acceptors (Lipinski definition) is 6. The number of ether oxygens (including phenoxy) is 2. The van der Waals surface area contributed by atoms with Crippen LogP contribution in [0.1, 0.15) is 16.7 Å². The monoisotopic (exact) mass is 416 g/mol. The van der Waals surface area contributed by atoms with Crippen molar-refractivity contribution in [1.82, 2.24) is 9.97 Å². The molecule has 31 heavy (non-hydrogen) atoms. The van der Waals surface area contributed by atoms with E-state index in [0.717, 1.165) is 54.8 Å². The first-order valence-electron chi connectivity index (χ1n) is 10.9. The molecule has 6 heteroatoms. The van der Waals surface area contributed by atoms with E-state index in [-0.39, 0.29) is 0 Å². The molecule has 0 bridgehead atoms. The third-order valence-corrected chi connectivity index (χ3v) is 6.09. The predicted octanol–water partition coefficient (Wildman–Crippen LogP) is 4.30. The minimum Gasteiger partial charge on any atom is -0.497 e. The van der Waals surface area contributed by atoms with Crippen LogP contribution < -0.4 is 14.5 Å². The van der Waals surface area contributed by atoms with E-state index in [1.54, 1.807) is 7.11 Å². The van der Waals surface area contributed by atoms with Gasteiger partial charge in [0.15, 0.2) is 0 Å². The highest BCUT2D eigenvalue weighted by atomic mass is 16.5. The average Bonchev–Trinajstić information content (AvgIpc) is 3.23. The Labute approximate surface area is 183 Å². The first kappa shape index (κ1) is 19.8. The number of aromatic nitrogens is 2. The fourth-order valence-electron chi connectivity index (χ4n) is 4.50. The highest BCUT2D eigenvalue weighted by Crippen LogP contribution is 2.40. The highest BCUT2D eigenvalue weighted by Gasteiger charge is 2.29. The van der Waals surface area contributed by atoms with Gasteiger partial charge in [-0.2, -0.15) is 4.98 Å². The van der Waals surface area contributed by atoms with E-state index in [2.05, 4.69) is 54.0 Å². The normalized spacial score (nSPS) is 15.8. The zero-order valence-electron chi connectivity index (χ0n) is 18.4. The largest absolute Gasteiger partial charge is 0.497 e. The molecule has 0 unspecified atom stereocenters. The van der Waals surface area contributed by atoms with Gasteiger partial charge in [0.25, 0.3) is 0 Å². The third kappa shape index (κ3) is 3.72. The van der Waals surface area contributed by atoms with E-state index in [1.807, 2.05) is 12.1 Å². The van der Waals surface area contributed by atoms with E-state index in [1.165, 1.54) is 22.4 Å². The van der Waals surface area contributed by atoms with Crippen LogP contribution in [0, 0.1) is 13.8 Å². The van der Waals surface area contributed by atoms with Crippen molar-refractivity contribution < 1.29 is 9.47 Å². The van der Waals surface area contributed by atoms with E-state index in [0.29, 0.717) is 13.2 Å². The lowest BCUT2D eigenvalue weighted by molar-refractivity contribution is 0.122. The van der Waals surface area contributed by atoms with Gasteiger partial charge in [0.2, 0.25) is 5.95 Å². The summed E-state index contributed by atoms with van der Waals surface area (Å²) in [6, 6.07) is 14.8. The van der Waals surface area contributed by atoms with Crippen molar-refractivity contribution >= 4 is 17.5 Å². The minimum absolute atomic E-state index is 0.704. The lowest BCUT2D eigenvalue weighted by Crippen LogP contribution is -2.37. The molecule has 1 aromatic heterocycles. The maximum Gasteiger partial charge on any atom is 0.228 e. The van der Waals surface area contributed by atoms with Gasteiger partial charge in [-0.15, -0.1) is 0 Å². The zero-order valence-corrected chi connectivity index (χ0v) is 18.4. The molecule has 0 aliphatic carbocycles. The van der Waals surface area contributed by atoms with Crippen LogP contribution >= 0.6 is 0 Å². The smallest absolute Gasteiger partial charge is 0.228 e.